The molecule has 1 aromatic carbocycles. The first-order chi connectivity index (χ1) is 15.5. The number of ether oxygens (including phenoxy) is 1. The number of carbonyl (C=O) groups excluding carboxylic acids is 1. The van der Waals surface area contributed by atoms with Gasteiger partial charge < -0.3 is 4.74 Å². The molecular formula is C22H22Cl2N4O3S. The van der Waals surface area contributed by atoms with Crippen LogP contribution in [0.2, 0.25) is 10.0 Å². The first kappa shape index (κ1) is 22.9. The van der Waals surface area contributed by atoms with Crippen molar-refractivity contribution in [2.75, 3.05) is 18.1 Å². The molecule has 0 radical (unpaired) electrons. The summed E-state index contributed by atoms with van der Waals surface area (Å²) in [7, 11) is 0. The number of benzene rings is 1. The molecule has 0 unspecified atom stereocenters. The topological polar surface area (TPSA) is 77.3 Å². The van der Waals surface area contributed by atoms with E-state index in [0.717, 1.165) is 24.8 Å². The van der Waals surface area contributed by atoms with Gasteiger partial charge in [-0.3, -0.25) is 14.5 Å². The summed E-state index contributed by atoms with van der Waals surface area (Å²) < 4.78 is 7.09. The van der Waals surface area contributed by atoms with E-state index in [1.165, 1.54) is 28.2 Å². The zero-order chi connectivity index (χ0) is 22.7. The highest BCUT2D eigenvalue weighted by Gasteiger charge is 2.28. The summed E-state index contributed by atoms with van der Waals surface area (Å²) in [6, 6.07) is 8.05. The number of thiazole rings is 1. The van der Waals surface area contributed by atoms with Gasteiger partial charge in [-0.05, 0) is 43.5 Å². The molecule has 3 heterocycles. The lowest BCUT2D eigenvalue weighted by Gasteiger charge is -2.23. The van der Waals surface area contributed by atoms with Gasteiger partial charge in [0.2, 0.25) is 0 Å². The molecule has 0 bridgehead atoms. The Morgan fingerprint density at radius 1 is 1.31 bits per heavy atom. The second kappa shape index (κ2) is 10.1. The zero-order valence-electron chi connectivity index (χ0n) is 17.5. The second-order valence-corrected chi connectivity index (χ2v) is 9.15. The molecular weight excluding hydrogens is 471 g/mol. The fraction of sp³-hybridized carbons (Fsp3) is 0.364. The van der Waals surface area contributed by atoms with Crippen LogP contribution in [0.4, 0.5) is 5.13 Å². The number of nitrogens with zero attached hydrogens (tertiary/aromatic N) is 4. The molecule has 7 nitrogen and oxygen atoms in total. The molecule has 1 aliphatic heterocycles. The van der Waals surface area contributed by atoms with E-state index in [-0.39, 0.29) is 23.3 Å². The van der Waals surface area contributed by atoms with Gasteiger partial charge >= 0.3 is 0 Å². The molecule has 10 heteroatoms. The average Bonchev–Trinajstić information content (AvgIpc) is 3.45. The first-order valence-corrected chi connectivity index (χ1v) is 12.0. The molecule has 3 aromatic rings. The summed E-state index contributed by atoms with van der Waals surface area (Å²) in [5, 5.41) is 7.68. The Morgan fingerprint density at radius 2 is 2.16 bits per heavy atom. The Kier molecular flexibility index (Phi) is 7.25. The number of anilines is 1. The third kappa shape index (κ3) is 5.04. The Morgan fingerprint density at radius 3 is 2.88 bits per heavy atom. The Hall–Kier alpha value is -2.26. The molecule has 168 valence electrons. The number of aromatic nitrogens is 3. The molecule has 1 amide bonds. The van der Waals surface area contributed by atoms with E-state index >= 15 is 0 Å². The van der Waals surface area contributed by atoms with E-state index in [1.807, 2.05) is 12.3 Å². The lowest BCUT2D eigenvalue weighted by molar-refractivity contribution is 0.0911. The van der Waals surface area contributed by atoms with Crippen LogP contribution >= 0.6 is 34.5 Å². The monoisotopic (exact) mass is 492 g/mol. The first-order valence-electron chi connectivity index (χ1n) is 10.4. The summed E-state index contributed by atoms with van der Waals surface area (Å²) in [5.41, 5.74) is 1.35. The van der Waals surface area contributed by atoms with Gasteiger partial charge in [-0.25, -0.2) is 9.67 Å². The molecule has 1 saturated heterocycles. The lowest BCUT2D eigenvalue weighted by atomic mass is 10.2. The normalized spacial score (nSPS) is 15.8. The number of hydrogen-bond donors (Lipinski definition) is 0. The summed E-state index contributed by atoms with van der Waals surface area (Å²) >= 11 is 13.7. The van der Waals surface area contributed by atoms with Crippen LogP contribution in [0.15, 0.2) is 40.5 Å². The molecule has 0 N–H and O–H groups in total. The highest BCUT2D eigenvalue weighted by Crippen LogP contribution is 2.34. The Labute approximate surface area is 199 Å². The molecule has 32 heavy (non-hydrogen) atoms. The van der Waals surface area contributed by atoms with Gasteiger partial charge in [-0.1, -0.05) is 30.1 Å². The maximum absolute atomic E-state index is 13.5. The predicted molar refractivity (Wildman–Crippen MR) is 127 cm³/mol. The largest absolute Gasteiger partial charge is 0.376 e. The predicted octanol–water partition coefficient (Wildman–Crippen LogP) is 4.91. The van der Waals surface area contributed by atoms with Crippen molar-refractivity contribution < 1.29 is 9.53 Å². The van der Waals surface area contributed by atoms with Crippen molar-refractivity contribution in [2.24, 2.45) is 0 Å². The minimum atomic E-state index is -0.326. The van der Waals surface area contributed by atoms with Gasteiger partial charge in [-0.15, -0.1) is 11.3 Å². The van der Waals surface area contributed by atoms with E-state index in [1.54, 1.807) is 23.1 Å². The van der Waals surface area contributed by atoms with Crippen LogP contribution in [0, 0.1) is 0 Å². The number of rotatable bonds is 7. The van der Waals surface area contributed by atoms with E-state index in [4.69, 9.17) is 27.9 Å². The van der Waals surface area contributed by atoms with Gasteiger partial charge in [0.05, 0.1) is 23.4 Å². The third-order valence-corrected chi connectivity index (χ3v) is 6.52. The van der Waals surface area contributed by atoms with Crippen molar-refractivity contribution in [2.45, 2.75) is 38.8 Å². The standard InChI is InChI=1S/C22H22Cl2N4O3S/c1-2-9-28-20(29)8-7-18(26-28)21(30)27(12-15-4-3-10-31-15)22-25-19(13-32-22)16-6-5-14(23)11-17(16)24/h5-8,11,13,15H,2-4,9-10,12H2,1H3/t15-/m1/s1. The van der Waals surface area contributed by atoms with Gasteiger partial charge in [-0.2, -0.15) is 5.10 Å². The van der Waals surface area contributed by atoms with Gasteiger partial charge in [0.25, 0.3) is 11.5 Å². The van der Waals surface area contributed by atoms with E-state index in [0.29, 0.717) is 40.6 Å². The van der Waals surface area contributed by atoms with E-state index in [2.05, 4.69) is 10.1 Å². The highest BCUT2D eigenvalue weighted by molar-refractivity contribution is 7.14. The smallest absolute Gasteiger partial charge is 0.280 e. The van der Waals surface area contributed by atoms with Crippen molar-refractivity contribution >= 4 is 45.6 Å². The molecule has 1 fully saturated rings. The molecule has 1 atom stereocenters. The number of carbonyl (C=O) groups is 1. The summed E-state index contributed by atoms with van der Waals surface area (Å²) in [5.74, 6) is -0.326. The SMILES string of the molecule is CCCn1nc(C(=O)N(C[C@H]2CCCO2)c2nc(-c3ccc(Cl)cc3Cl)cs2)ccc1=O. The van der Waals surface area contributed by atoms with Crippen molar-refractivity contribution in [3.63, 3.8) is 0 Å². The quantitative estimate of drug-likeness (QED) is 0.468. The van der Waals surface area contributed by atoms with Gasteiger partial charge in [0.1, 0.15) is 5.69 Å². The average molecular weight is 493 g/mol. The van der Waals surface area contributed by atoms with Crippen LogP contribution < -0.4 is 10.5 Å². The lowest BCUT2D eigenvalue weighted by Crippen LogP contribution is -2.39. The zero-order valence-corrected chi connectivity index (χ0v) is 19.8. The number of halogens is 2. The second-order valence-electron chi connectivity index (χ2n) is 7.47. The van der Waals surface area contributed by atoms with Crippen molar-refractivity contribution in [1.82, 2.24) is 14.8 Å². The number of amides is 1. The Balaban J connectivity index is 1.68. The maximum Gasteiger partial charge on any atom is 0.280 e. The fourth-order valence-electron chi connectivity index (χ4n) is 3.52. The summed E-state index contributed by atoms with van der Waals surface area (Å²) in [6.07, 6.45) is 2.48. The maximum atomic E-state index is 13.5. The molecule has 0 aliphatic carbocycles. The van der Waals surface area contributed by atoms with Crippen LogP contribution in [0.3, 0.4) is 0 Å². The van der Waals surface area contributed by atoms with E-state index < -0.39 is 0 Å². The van der Waals surface area contributed by atoms with Gasteiger partial charge in [0, 0.05) is 35.2 Å². The van der Waals surface area contributed by atoms with Gasteiger partial charge in [0.15, 0.2) is 5.13 Å². The molecule has 1 aliphatic rings. The van der Waals surface area contributed by atoms with Crippen LogP contribution in [0.25, 0.3) is 11.3 Å². The summed E-state index contributed by atoms with van der Waals surface area (Å²) in [6.45, 7) is 3.43. The van der Waals surface area contributed by atoms with Crippen molar-refractivity contribution in [3.05, 3.63) is 61.8 Å². The number of aryl methyl sites for hydroxylation is 1. The van der Waals surface area contributed by atoms with Crippen LogP contribution in [0.1, 0.15) is 36.7 Å². The van der Waals surface area contributed by atoms with Crippen LogP contribution in [-0.2, 0) is 11.3 Å². The minimum absolute atomic E-state index is 0.0769. The van der Waals surface area contributed by atoms with E-state index in [9.17, 15) is 9.59 Å². The van der Waals surface area contributed by atoms with Crippen molar-refractivity contribution in [1.29, 1.82) is 0 Å². The molecule has 2 aromatic heterocycles. The highest BCUT2D eigenvalue weighted by atomic mass is 35.5. The third-order valence-electron chi connectivity index (χ3n) is 5.11. The molecule has 0 saturated carbocycles. The summed E-state index contributed by atoms with van der Waals surface area (Å²) in [4.78, 5) is 31.8. The Bertz CT molecular complexity index is 1170. The fourth-order valence-corrected chi connectivity index (χ4v) is 4.86. The van der Waals surface area contributed by atoms with Crippen molar-refractivity contribution in [3.8, 4) is 11.3 Å². The van der Waals surface area contributed by atoms with Crippen LogP contribution in [0.5, 0.6) is 0 Å². The van der Waals surface area contributed by atoms with Crippen LogP contribution in [-0.4, -0.2) is 39.9 Å². The molecule has 4 rings (SSSR count). The number of hydrogen-bond acceptors (Lipinski definition) is 6. The molecule has 0 spiro atoms. The minimum Gasteiger partial charge on any atom is -0.376 e.